The summed E-state index contributed by atoms with van der Waals surface area (Å²) in [4.78, 5) is 12.1. The fourth-order valence-electron chi connectivity index (χ4n) is 1.64. The van der Waals surface area contributed by atoms with Crippen molar-refractivity contribution in [1.82, 2.24) is 0 Å². The first-order chi connectivity index (χ1) is 9.20. The van der Waals surface area contributed by atoms with Crippen molar-refractivity contribution in [3.8, 4) is 6.07 Å². The fraction of sp³-hybridized carbons (Fsp3) is 0.0667. The Balaban J connectivity index is 2.11. The summed E-state index contributed by atoms with van der Waals surface area (Å²) in [5.41, 5.74) is 2.23. The first kappa shape index (κ1) is 13.3. The zero-order valence-electron chi connectivity index (χ0n) is 10.1. The average Bonchev–Trinajstić information content (AvgIpc) is 2.42. The molecule has 0 saturated heterocycles. The SMILES string of the molecule is N#CCc1ccc(NC(=O)c2ccccc2Br)cc1. The molecule has 19 heavy (non-hydrogen) atoms. The van der Waals surface area contributed by atoms with E-state index in [0.29, 0.717) is 17.7 Å². The normalized spacial score (nSPS) is 9.68. The minimum Gasteiger partial charge on any atom is -0.322 e. The molecule has 3 nitrogen and oxygen atoms in total. The molecule has 0 heterocycles. The molecule has 0 aliphatic rings. The van der Waals surface area contributed by atoms with Crippen molar-refractivity contribution in [2.75, 3.05) is 5.32 Å². The number of hydrogen-bond donors (Lipinski definition) is 1. The number of hydrogen-bond acceptors (Lipinski definition) is 2. The number of carbonyl (C=O) groups is 1. The molecule has 0 aliphatic carbocycles. The van der Waals surface area contributed by atoms with Crippen LogP contribution in [-0.2, 0) is 6.42 Å². The van der Waals surface area contributed by atoms with Gasteiger partial charge in [-0.3, -0.25) is 4.79 Å². The van der Waals surface area contributed by atoms with Gasteiger partial charge in [0.15, 0.2) is 0 Å². The standard InChI is InChI=1S/C15H11BrN2O/c16-14-4-2-1-3-13(14)15(19)18-12-7-5-11(6-8-12)9-10-17/h1-8H,9H2,(H,18,19). The fourth-order valence-corrected chi connectivity index (χ4v) is 2.11. The van der Waals surface area contributed by atoms with Crippen molar-refractivity contribution in [3.63, 3.8) is 0 Å². The van der Waals surface area contributed by atoms with Crippen LogP contribution >= 0.6 is 15.9 Å². The van der Waals surface area contributed by atoms with E-state index in [1.54, 1.807) is 18.2 Å². The number of nitrogens with zero attached hydrogens (tertiary/aromatic N) is 1. The lowest BCUT2D eigenvalue weighted by molar-refractivity contribution is 0.102. The Kier molecular flexibility index (Phi) is 4.32. The molecule has 2 aromatic rings. The topological polar surface area (TPSA) is 52.9 Å². The first-order valence-electron chi connectivity index (χ1n) is 5.72. The monoisotopic (exact) mass is 314 g/mol. The van der Waals surface area contributed by atoms with E-state index in [0.717, 1.165) is 10.0 Å². The number of rotatable bonds is 3. The van der Waals surface area contributed by atoms with Crippen LogP contribution in [0.4, 0.5) is 5.69 Å². The zero-order valence-corrected chi connectivity index (χ0v) is 11.6. The molecular formula is C15H11BrN2O. The third kappa shape index (κ3) is 3.43. The molecule has 94 valence electrons. The summed E-state index contributed by atoms with van der Waals surface area (Å²) in [5, 5.41) is 11.4. The molecule has 4 heteroatoms. The van der Waals surface area contributed by atoms with Crippen LogP contribution < -0.4 is 5.32 Å². The Labute approximate surface area is 120 Å². The summed E-state index contributed by atoms with van der Waals surface area (Å²) in [6.07, 6.45) is 0.373. The maximum Gasteiger partial charge on any atom is 0.256 e. The van der Waals surface area contributed by atoms with E-state index >= 15 is 0 Å². The highest BCUT2D eigenvalue weighted by Gasteiger charge is 2.09. The summed E-state index contributed by atoms with van der Waals surface area (Å²) >= 11 is 3.35. The third-order valence-corrected chi connectivity index (χ3v) is 3.30. The van der Waals surface area contributed by atoms with E-state index in [9.17, 15) is 4.79 Å². The molecule has 0 aromatic heterocycles. The second kappa shape index (κ2) is 6.17. The third-order valence-electron chi connectivity index (χ3n) is 2.61. The predicted molar refractivity (Wildman–Crippen MR) is 77.9 cm³/mol. The van der Waals surface area contributed by atoms with E-state index in [4.69, 9.17) is 5.26 Å². The molecule has 0 atom stereocenters. The minimum atomic E-state index is -0.166. The summed E-state index contributed by atoms with van der Waals surface area (Å²) < 4.78 is 0.758. The van der Waals surface area contributed by atoms with Gasteiger partial charge in [-0.25, -0.2) is 0 Å². The van der Waals surface area contributed by atoms with Crippen LogP contribution in [0.1, 0.15) is 15.9 Å². The van der Waals surface area contributed by atoms with Crippen LogP contribution in [0.2, 0.25) is 0 Å². The van der Waals surface area contributed by atoms with Gasteiger partial charge in [-0.05, 0) is 45.8 Å². The highest BCUT2D eigenvalue weighted by Crippen LogP contribution is 2.18. The Morgan fingerprint density at radius 1 is 1.16 bits per heavy atom. The van der Waals surface area contributed by atoms with Gasteiger partial charge in [0, 0.05) is 10.2 Å². The van der Waals surface area contributed by atoms with E-state index < -0.39 is 0 Å². The summed E-state index contributed by atoms with van der Waals surface area (Å²) in [7, 11) is 0. The van der Waals surface area contributed by atoms with Gasteiger partial charge >= 0.3 is 0 Å². The van der Waals surface area contributed by atoms with E-state index in [-0.39, 0.29) is 5.91 Å². The van der Waals surface area contributed by atoms with Crippen molar-refractivity contribution in [3.05, 3.63) is 64.1 Å². The van der Waals surface area contributed by atoms with Crippen LogP contribution in [-0.4, -0.2) is 5.91 Å². The van der Waals surface area contributed by atoms with Gasteiger partial charge in [0.2, 0.25) is 0 Å². The average molecular weight is 315 g/mol. The second-order valence-electron chi connectivity index (χ2n) is 3.97. The number of nitriles is 1. The van der Waals surface area contributed by atoms with Crippen molar-refractivity contribution in [2.24, 2.45) is 0 Å². The highest BCUT2D eigenvalue weighted by molar-refractivity contribution is 9.10. The predicted octanol–water partition coefficient (Wildman–Crippen LogP) is 3.77. The molecule has 0 aliphatic heterocycles. The van der Waals surface area contributed by atoms with Crippen LogP contribution in [0.15, 0.2) is 53.0 Å². The number of nitrogens with one attached hydrogen (secondary N) is 1. The molecule has 0 radical (unpaired) electrons. The smallest absolute Gasteiger partial charge is 0.256 e. The molecule has 0 saturated carbocycles. The van der Waals surface area contributed by atoms with E-state index in [2.05, 4.69) is 27.3 Å². The van der Waals surface area contributed by atoms with Crippen LogP contribution in [0.3, 0.4) is 0 Å². The lowest BCUT2D eigenvalue weighted by Crippen LogP contribution is -2.12. The number of carbonyl (C=O) groups excluding carboxylic acids is 1. The molecular weight excluding hydrogens is 304 g/mol. The number of benzene rings is 2. The van der Waals surface area contributed by atoms with Crippen molar-refractivity contribution < 1.29 is 4.79 Å². The van der Waals surface area contributed by atoms with Crippen LogP contribution in [0.25, 0.3) is 0 Å². The van der Waals surface area contributed by atoms with Gasteiger partial charge in [-0.1, -0.05) is 24.3 Å². The summed E-state index contributed by atoms with van der Waals surface area (Å²) in [5.74, 6) is -0.166. The maximum atomic E-state index is 12.1. The maximum absolute atomic E-state index is 12.1. The van der Waals surface area contributed by atoms with E-state index in [1.807, 2.05) is 30.3 Å². The molecule has 1 N–H and O–H groups in total. The van der Waals surface area contributed by atoms with E-state index in [1.165, 1.54) is 0 Å². The molecule has 0 spiro atoms. The molecule has 0 unspecified atom stereocenters. The summed E-state index contributed by atoms with van der Waals surface area (Å²) in [6.45, 7) is 0. The molecule has 2 rings (SSSR count). The molecule has 2 aromatic carbocycles. The lowest BCUT2D eigenvalue weighted by atomic mass is 10.1. The largest absolute Gasteiger partial charge is 0.322 e. The van der Waals surface area contributed by atoms with Gasteiger partial charge in [0.25, 0.3) is 5.91 Å². The molecule has 1 amide bonds. The van der Waals surface area contributed by atoms with Gasteiger partial charge in [0.05, 0.1) is 18.1 Å². The Morgan fingerprint density at radius 3 is 2.47 bits per heavy atom. The number of halogens is 1. The van der Waals surface area contributed by atoms with Gasteiger partial charge in [-0.2, -0.15) is 5.26 Å². The Hall–Kier alpha value is -2.12. The van der Waals surface area contributed by atoms with Crippen LogP contribution in [0.5, 0.6) is 0 Å². The summed E-state index contributed by atoms with van der Waals surface area (Å²) in [6, 6.07) is 16.6. The van der Waals surface area contributed by atoms with Gasteiger partial charge < -0.3 is 5.32 Å². The second-order valence-corrected chi connectivity index (χ2v) is 4.82. The quantitative estimate of drug-likeness (QED) is 0.937. The van der Waals surface area contributed by atoms with Gasteiger partial charge in [0.1, 0.15) is 0 Å². The van der Waals surface area contributed by atoms with Crippen molar-refractivity contribution in [2.45, 2.75) is 6.42 Å². The zero-order chi connectivity index (χ0) is 13.7. The Bertz CT molecular complexity index is 629. The van der Waals surface area contributed by atoms with Gasteiger partial charge in [-0.15, -0.1) is 0 Å². The number of anilines is 1. The van der Waals surface area contributed by atoms with Crippen molar-refractivity contribution in [1.29, 1.82) is 5.26 Å². The molecule has 0 bridgehead atoms. The van der Waals surface area contributed by atoms with Crippen molar-refractivity contribution >= 4 is 27.5 Å². The minimum absolute atomic E-state index is 0.166. The highest BCUT2D eigenvalue weighted by atomic mass is 79.9. The number of amides is 1. The van der Waals surface area contributed by atoms with Crippen LogP contribution in [0, 0.1) is 11.3 Å². The lowest BCUT2D eigenvalue weighted by Gasteiger charge is -2.07. The Morgan fingerprint density at radius 2 is 1.84 bits per heavy atom. The first-order valence-corrected chi connectivity index (χ1v) is 6.52. The molecule has 0 fully saturated rings.